The number of hydrogen-bond donors (Lipinski definition) is 1. The number of rotatable bonds is 5. The lowest BCUT2D eigenvalue weighted by molar-refractivity contribution is 0.595. The first-order valence-electron chi connectivity index (χ1n) is 6.50. The van der Waals surface area contributed by atoms with Gasteiger partial charge in [0.25, 0.3) is 0 Å². The van der Waals surface area contributed by atoms with Crippen molar-refractivity contribution >= 4 is 17.0 Å². The zero-order valence-electron chi connectivity index (χ0n) is 11.1. The Labute approximate surface area is 109 Å². The molecule has 94 valence electrons. The van der Waals surface area contributed by atoms with Crippen molar-refractivity contribution in [2.24, 2.45) is 0 Å². The summed E-state index contributed by atoms with van der Waals surface area (Å²) in [5.74, 6) is 0. The van der Waals surface area contributed by atoms with Gasteiger partial charge in [-0.25, -0.2) is 0 Å². The molecule has 18 heavy (non-hydrogen) atoms. The van der Waals surface area contributed by atoms with E-state index in [4.69, 9.17) is 0 Å². The normalized spacial score (nSPS) is 11.7. The van der Waals surface area contributed by atoms with Crippen molar-refractivity contribution in [1.29, 1.82) is 0 Å². The Kier molecular flexibility index (Phi) is 4.48. The van der Waals surface area contributed by atoms with Gasteiger partial charge in [0.2, 0.25) is 0 Å². The molecule has 0 saturated carbocycles. The molecule has 0 aliphatic carbocycles. The summed E-state index contributed by atoms with van der Waals surface area (Å²) in [6.07, 6.45) is 7.28. The molecular formula is C16H20N2. The molecule has 0 atom stereocenters. The van der Waals surface area contributed by atoms with E-state index in [0.29, 0.717) is 6.04 Å². The highest BCUT2D eigenvalue weighted by Gasteiger charge is 1.94. The Hall–Kier alpha value is -1.67. The number of benzene rings is 1. The molecule has 0 spiro atoms. The number of hydrogen-bond acceptors (Lipinski definition) is 2. The summed E-state index contributed by atoms with van der Waals surface area (Å²) in [5.41, 5.74) is 2.29. The SMILES string of the molecule is CC(C)NCC/C=C/c1ccc2ncccc2c1. The molecule has 1 aromatic heterocycles. The number of fused-ring (bicyclic) bond motifs is 1. The molecule has 2 rings (SSSR count). The molecule has 0 amide bonds. The molecule has 0 aliphatic heterocycles. The van der Waals surface area contributed by atoms with Crippen LogP contribution >= 0.6 is 0 Å². The van der Waals surface area contributed by atoms with Crippen LogP contribution in [0.1, 0.15) is 25.8 Å². The Morgan fingerprint density at radius 2 is 2.17 bits per heavy atom. The van der Waals surface area contributed by atoms with Crippen molar-refractivity contribution in [3.63, 3.8) is 0 Å². The van der Waals surface area contributed by atoms with E-state index in [-0.39, 0.29) is 0 Å². The molecule has 0 aliphatic rings. The van der Waals surface area contributed by atoms with Gasteiger partial charge >= 0.3 is 0 Å². The minimum absolute atomic E-state index is 0.560. The van der Waals surface area contributed by atoms with Crippen molar-refractivity contribution in [3.8, 4) is 0 Å². The molecule has 1 heterocycles. The van der Waals surface area contributed by atoms with Gasteiger partial charge in [-0.1, -0.05) is 38.1 Å². The third-order valence-electron chi connectivity index (χ3n) is 2.80. The van der Waals surface area contributed by atoms with Crippen LogP contribution in [0, 0.1) is 0 Å². The maximum Gasteiger partial charge on any atom is 0.0702 e. The van der Waals surface area contributed by atoms with Gasteiger partial charge in [-0.2, -0.15) is 0 Å². The Balaban J connectivity index is 1.97. The van der Waals surface area contributed by atoms with Gasteiger partial charge in [-0.3, -0.25) is 4.98 Å². The summed E-state index contributed by atoms with van der Waals surface area (Å²) in [4.78, 5) is 4.32. The Bertz CT molecular complexity index is 529. The maximum atomic E-state index is 4.32. The zero-order chi connectivity index (χ0) is 12.8. The summed E-state index contributed by atoms with van der Waals surface area (Å²) in [6, 6.07) is 11.0. The minimum Gasteiger partial charge on any atom is -0.314 e. The lowest BCUT2D eigenvalue weighted by atomic mass is 10.1. The summed E-state index contributed by atoms with van der Waals surface area (Å²) in [5, 5.41) is 4.59. The Morgan fingerprint density at radius 1 is 1.28 bits per heavy atom. The quantitative estimate of drug-likeness (QED) is 0.807. The smallest absolute Gasteiger partial charge is 0.0702 e. The van der Waals surface area contributed by atoms with Gasteiger partial charge in [0.15, 0.2) is 0 Å². The van der Waals surface area contributed by atoms with E-state index in [1.807, 2.05) is 12.3 Å². The van der Waals surface area contributed by atoms with Gasteiger partial charge in [-0.15, -0.1) is 0 Å². The first-order chi connectivity index (χ1) is 8.75. The van der Waals surface area contributed by atoms with E-state index >= 15 is 0 Å². The van der Waals surface area contributed by atoms with Crippen LogP contribution in [-0.2, 0) is 0 Å². The molecule has 0 saturated heterocycles. The summed E-state index contributed by atoms with van der Waals surface area (Å²) < 4.78 is 0. The fraction of sp³-hybridized carbons (Fsp3) is 0.312. The highest BCUT2D eigenvalue weighted by Crippen LogP contribution is 2.14. The number of aromatic nitrogens is 1. The summed E-state index contributed by atoms with van der Waals surface area (Å²) in [6.45, 7) is 5.36. The van der Waals surface area contributed by atoms with Crippen LogP contribution in [0.2, 0.25) is 0 Å². The van der Waals surface area contributed by atoms with Crippen LogP contribution in [-0.4, -0.2) is 17.6 Å². The molecule has 0 bridgehead atoms. The minimum atomic E-state index is 0.560. The first-order valence-corrected chi connectivity index (χ1v) is 6.50. The van der Waals surface area contributed by atoms with Crippen molar-refractivity contribution in [2.45, 2.75) is 26.3 Å². The summed E-state index contributed by atoms with van der Waals surface area (Å²) >= 11 is 0. The molecule has 2 nitrogen and oxygen atoms in total. The van der Waals surface area contributed by atoms with Gasteiger partial charge in [0.05, 0.1) is 5.52 Å². The van der Waals surface area contributed by atoms with E-state index in [2.05, 4.69) is 60.6 Å². The van der Waals surface area contributed by atoms with Crippen LogP contribution in [0.3, 0.4) is 0 Å². The topological polar surface area (TPSA) is 24.9 Å². The predicted octanol–water partition coefficient (Wildman–Crippen LogP) is 3.64. The van der Waals surface area contributed by atoms with Crippen molar-refractivity contribution in [2.75, 3.05) is 6.54 Å². The molecule has 1 aromatic carbocycles. The summed E-state index contributed by atoms with van der Waals surface area (Å²) in [7, 11) is 0. The van der Waals surface area contributed by atoms with Crippen molar-refractivity contribution in [1.82, 2.24) is 10.3 Å². The van der Waals surface area contributed by atoms with Crippen LogP contribution in [0.25, 0.3) is 17.0 Å². The molecule has 2 heteroatoms. The molecule has 2 aromatic rings. The molecule has 0 radical (unpaired) electrons. The van der Waals surface area contributed by atoms with E-state index in [1.54, 1.807) is 0 Å². The lowest BCUT2D eigenvalue weighted by Crippen LogP contribution is -2.23. The zero-order valence-corrected chi connectivity index (χ0v) is 11.1. The second-order valence-electron chi connectivity index (χ2n) is 4.76. The second kappa shape index (κ2) is 6.31. The van der Waals surface area contributed by atoms with Gasteiger partial charge in [-0.05, 0) is 36.7 Å². The third-order valence-corrected chi connectivity index (χ3v) is 2.80. The number of nitrogens with one attached hydrogen (secondary N) is 1. The Morgan fingerprint density at radius 3 is 3.00 bits per heavy atom. The fourth-order valence-corrected chi connectivity index (χ4v) is 1.87. The monoisotopic (exact) mass is 240 g/mol. The largest absolute Gasteiger partial charge is 0.314 e. The average molecular weight is 240 g/mol. The van der Waals surface area contributed by atoms with Crippen LogP contribution < -0.4 is 5.32 Å². The molecule has 0 fully saturated rings. The number of pyridine rings is 1. The van der Waals surface area contributed by atoms with Crippen LogP contribution in [0.5, 0.6) is 0 Å². The first kappa shape index (κ1) is 12.8. The predicted molar refractivity (Wildman–Crippen MR) is 78.5 cm³/mol. The second-order valence-corrected chi connectivity index (χ2v) is 4.76. The highest BCUT2D eigenvalue weighted by molar-refractivity contribution is 5.80. The van der Waals surface area contributed by atoms with Crippen molar-refractivity contribution in [3.05, 3.63) is 48.2 Å². The molecule has 1 N–H and O–H groups in total. The number of nitrogens with zero attached hydrogens (tertiary/aromatic N) is 1. The molecular weight excluding hydrogens is 220 g/mol. The van der Waals surface area contributed by atoms with E-state index < -0.39 is 0 Å². The van der Waals surface area contributed by atoms with Gasteiger partial charge in [0.1, 0.15) is 0 Å². The molecule has 0 unspecified atom stereocenters. The van der Waals surface area contributed by atoms with Crippen molar-refractivity contribution < 1.29 is 0 Å². The average Bonchev–Trinajstić information content (AvgIpc) is 2.38. The third kappa shape index (κ3) is 3.67. The maximum absolute atomic E-state index is 4.32. The van der Waals surface area contributed by atoms with Gasteiger partial charge < -0.3 is 5.32 Å². The van der Waals surface area contributed by atoms with Crippen LogP contribution in [0.4, 0.5) is 0 Å². The van der Waals surface area contributed by atoms with E-state index in [0.717, 1.165) is 18.5 Å². The van der Waals surface area contributed by atoms with E-state index in [9.17, 15) is 0 Å². The van der Waals surface area contributed by atoms with Crippen LogP contribution in [0.15, 0.2) is 42.6 Å². The highest BCUT2D eigenvalue weighted by atomic mass is 14.9. The fourth-order valence-electron chi connectivity index (χ4n) is 1.87. The lowest BCUT2D eigenvalue weighted by Gasteiger charge is -2.04. The van der Waals surface area contributed by atoms with E-state index in [1.165, 1.54) is 10.9 Å². The van der Waals surface area contributed by atoms with Gasteiger partial charge in [0, 0.05) is 17.6 Å². The standard InChI is InChI=1S/C16H20N2/c1-13(2)17-10-4-3-6-14-8-9-16-15(12-14)7-5-11-18-16/h3,5-9,11-13,17H,4,10H2,1-2H3/b6-3+.